The molecule has 0 spiro atoms. The zero-order valence-electron chi connectivity index (χ0n) is 10.2. The van der Waals surface area contributed by atoms with Gasteiger partial charge in [-0.05, 0) is 32.2 Å². The van der Waals surface area contributed by atoms with Crippen LogP contribution in [0.1, 0.15) is 51.9 Å². The van der Waals surface area contributed by atoms with Crippen LogP contribution in [0.5, 0.6) is 0 Å². The van der Waals surface area contributed by atoms with Gasteiger partial charge in [0.2, 0.25) is 0 Å². The number of hydrogen-bond acceptors (Lipinski definition) is 2. The summed E-state index contributed by atoms with van der Waals surface area (Å²) in [6.07, 6.45) is 9.96. The summed E-state index contributed by atoms with van der Waals surface area (Å²) in [5, 5.41) is 3.66. The van der Waals surface area contributed by atoms with Gasteiger partial charge in [-0.1, -0.05) is 26.2 Å². The molecule has 0 aromatic rings. The van der Waals surface area contributed by atoms with E-state index >= 15 is 0 Å². The van der Waals surface area contributed by atoms with Crippen LogP contribution in [0.25, 0.3) is 0 Å². The Hall–Kier alpha value is -0.0800. The second-order valence-electron chi connectivity index (χ2n) is 5.23. The molecule has 0 bridgehead atoms. The highest BCUT2D eigenvalue weighted by atomic mass is 15.2. The van der Waals surface area contributed by atoms with E-state index in [1.165, 1.54) is 64.6 Å². The average molecular weight is 210 g/mol. The van der Waals surface area contributed by atoms with E-state index in [1.807, 2.05) is 0 Å². The fourth-order valence-electron chi connectivity index (χ4n) is 3.08. The summed E-state index contributed by atoms with van der Waals surface area (Å²) in [5.41, 5.74) is 0. The van der Waals surface area contributed by atoms with Crippen molar-refractivity contribution in [2.24, 2.45) is 0 Å². The summed E-state index contributed by atoms with van der Waals surface area (Å²) in [6, 6.07) is 1.71. The van der Waals surface area contributed by atoms with Crippen molar-refractivity contribution in [3.05, 3.63) is 0 Å². The lowest BCUT2D eigenvalue weighted by Gasteiger charge is -2.31. The fraction of sp³-hybridized carbons (Fsp3) is 1.00. The average Bonchev–Trinajstić information content (AvgIpc) is 2.76. The molecule has 1 N–H and O–H groups in total. The predicted octanol–water partition coefficient (Wildman–Crippen LogP) is 2.39. The molecule has 1 aliphatic carbocycles. The zero-order chi connectivity index (χ0) is 10.5. The van der Waals surface area contributed by atoms with Gasteiger partial charge in [0.05, 0.1) is 0 Å². The molecule has 1 saturated heterocycles. The molecular weight excluding hydrogens is 184 g/mol. The van der Waals surface area contributed by atoms with Crippen molar-refractivity contribution in [1.82, 2.24) is 10.2 Å². The van der Waals surface area contributed by atoms with E-state index in [-0.39, 0.29) is 0 Å². The summed E-state index contributed by atoms with van der Waals surface area (Å²) in [6.45, 7) is 6.10. The highest BCUT2D eigenvalue weighted by Crippen LogP contribution is 2.25. The molecule has 0 aromatic carbocycles. The summed E-state index contributed by atoms with van der Waals surface area (Å²) in [4.78, 5) is 2.74. The zero-order valence-corrected chi connectivity index (χ0v) is 10.2. The lowest BCUT2D eigenvalue weighted by molar-refractivity contribution is 0.187. The van der Waals surface area contributed by atoms with Crippen LogP contribution in [0.15, 0.2) is 0 Å². The molecule has 1 atom stereocenters. The molecule has 0 amide bonds. The molecule has 0 radical (unpaired) electrons. The summed E-state index contributed by atoms with van der Waals surface area (Å²) in [5.74, 6) is 0. The van der Waals surface area contributed by atoms with Crippen molar-refractivity contribution >= 4 is 0 Å². The van der Waals surface area contributed by atoms with Crippen LogP contribution < -0.4 is 5.32 Å². The molecular formula is C13H26N2. The Morgan fingerprint density at radius 3 is 2.67 bits per heavy atom. The Kier molecular flexibility index (Phi) is 4.45. The van der Waals surface area contributed by atoms with E-state index in [1.54, 1.807) is 0 Å². The predicted molar refractivity (Wildman–Crippen MR) is 65.1 cm³/mol. The van der Waals surface area contributed by atoms with Crippen molar-refractivity contribution in [2.75, 3.05) is 19.6 Å². The quantitative estimate of drug-likeness (QED) is 0.766. The lowest BCUT2D eigenvalue weighted by atomic mass is 9.94. The van der Waals surface area contributed by atoms with E-state index in [2.05, 4.69) is 17.1 Å². The Bertz CT molecular complexity index is 175. The first-order valence-corrected chi connectivity index (χ1v) is 6.87. The minimum Gasteiger partial charge on any atom is -0.313 e. The van der Waals surface area contributed by atoms with Gasteiger partial charge in [0.25, 0.3) is 0 Å². The molecule has 1 saturated carbocycles. The molecule has 1 aliphatic heterocycles. The highest BCUT2D eigenvalue weighted by Gasteiger charge is 2.28. The van der Waals surface area contributed by atoms with E-state index in [9.17, 15) is 0 Å². The maximum absolute atomic E-state index is 3.66. The summed E-state index contributed by atoms with van der Waals surface area (Å²) in [7, 11) is 0. The summed E-state index contributed by atoms with van der Waals surface area (Å²) >= 11 is 0. The van der Waals surface area contributed by atoms with Gasteiger partial charge in [0, 0.05) is 25.2 Å². The molecule has 2 heteroatoms. The molecule has 2 aliphatic rings. The van der Waals surface area contributed by atoms with Crippen molar-refractivity contribution in [2.45, 2.75) is 64.0 Å². The van der Waals surface area contributed by atoms with Crippen LogP contribution >= 0.6 is 0 Å². The Balaban J connectivity index is 1.71. The first-order chi connectivity index (χ1) is 7.40. The minimum atomic E-state index is 0.784. The normalized spacial score (nSPS) is 29.8. The first-order valence-electron chi connectivity index (χ1n) is 6.87. The molecule has 2 nitrogen and oxygen atoms in total. The van der Waals surface area contributed by atoms with Gasteiger partial charge >= 0.3 is 0 Å². The first kappa shape index (κ1) is 11.4. The van der Waals surface area contributed by atoms with Gasteiger partial charge in [0.15, 0.2) is 0 Å². The second-order valence-corrected chi connectivity index (χ2v) is 5.23. The number of nitrogens with one attached hydrogen (secondary N) is 1. The van der Waals surface area contributed by atoms with Gasteiger partial charge in [-0.15, -0.1) is 0 Å². The van der Waals surface area contributed by atoms with Crippen LogP contribution in [-0.2, 0) is 0 Å². The van der Waals surface area contributed by atoms with E-state index < -0.39 is 0 Å². The van der Waals surface area contributed by atoms with Crippen LogP contribution in [0.3, 0.4) is 0 Å². The topological polar surface area (TPSA) is 15.3 Å². The van der Waals surface area contributed by atoms with Crippen molar-refractivity contribution in [1.29, 1.82) is 0 Å². The fourth-order valence-corrected chi connectivity index (χ4v) is 3.08. The summed E-state index contributed by atoms with van der Waals surface area (Å²) < 4.78 is 0. The van der Waals surface area contributed by atoms with E-state index in [0.717, 1.165) is 12.1 Å². The van der Waals surface area contributed by atoms with Crippen molar-refractivity contribution in [3.8, 4) is 0 Å². The standard InChI is InChI=1S/C13H26N2/c1-2-9-14-12-8-10-15(11-12)13-6-4-3-5-7-13/h12-14H,2-11H2,1H3. The van der Waals surface area contributed by atoms with E-state index in [0.29, 0.717) is 0 Å². The molecule has 0 aromatic heterocycles. The third-order valence-corrected chi connectivity index (χ3v) is 3.99. The Labute approximate surface area is 94.4 Å². The monoisotopic (exact) mass is 210 g/mol. The molecule has 15 heavy (non-hydrogen) atoms. The maximum Gasteiger partial charge on any atom is 0.0207 e. The maximum atomic E-state index is 3.66. The lowest BCUT2D eigenvalue weighted by Crippen LogP contribution is -2.38. The number of likely N-dealkylation sites (tertiary alicyclic amines) is 1. The third-order valence-electron chi connectivity index (χ3n) is 3.99. The van der Waals surface area contributed by atoms with Crippen LogP contribution in [-0.4, -0.2) is 36.6 Å². The minimum absolute atomic E-state index is 0.784. The molecule has 1 heterocycles. The van der Waals surface area contributed by atoms with Gasteiger partial charge in [-0.2, -0.15) is 0 Å². The SMILES string of the molecule is CCCNC1CCN(C2CCCCC2)C1. The second kappa shape index (κ2) is 5.86. The van der Waals surface area contributed by atoms with E-state index in [4.69, 9.17) is 0 Å². The van der Waals surface area contributed by atoms with Crippen LogP contribution in [0, 0.1) is 0 Å². The molecule has 2 rings (SSSR count). The molecule has 2 fully saturated rings. The number of nitrogens with zero attached hydrogens (tertiary/aromatic N) is 1. The number of hydrogen-bond donors (Lipinski definition) is 1. The molecule has 88 valence electrons. The van der Waals surface area contributed by atoms with Gasteiger partial charge in [-0.25, -0.2) is 0 Å². The van der Waals surface area contributed by atoms with Crippen molar-refractivity contribution < 1.29 is 0 Å². The largest absolute Gasteiger partial charge is 0.313 e. The smallest absolute Gasteiger partial charge is 0.0207 e. The highest BCUT2D eigenvalue weighted by molar-refractivity contribution is 4.86. The molecule has 1 unspecified atom stereocenters. The van der Waals surface area contributed by atoms with Crippen LogP contribution in [0.2, 0.25) is 0 Å². The third kappa shape index (κ3) is 3.18. The number of rotatable bonds is 4. The van der Waals surface area contributed by atoms with Gasteiger partial charge in [0.1, 0.15) is 0 Å². The van der Waals surface area contributed by atoms with Crippen molar-refractivity contribution in [3.63, 3.8) is 0 Å². The van der Waals surface area contributed by atoms with Gasteiger partial charge < -0.3 is 5.32 Å². The Morgan fingerprint density at radius 2 is 1.93 bits per heavy atom. The Morgan fingerprint density at radius 1 is 1.13 bits per heavy atom. The van der Waals surface area contributed by atoms with Gasteiger partial charge in [-0.3, -0.25) is 4.90 Å². The van der Waals surface area contributed by atoms with Crippen LogP contribution in [0.4, 0.5) is 0 Å².